The summed E-state index contributed by atoms with van der Waals surface area (Å²) in [5.74, 6) is 0.980. The van der Waals surface area contributed by atoms with Gasteiger partial charge in [0.05, 0.1) is 12.4 Å². The third-order valence-electron chi connectivity index (χ3n) is 4.58. The smallest absolute Gasteiger partial charge is 0.427 e. The standard InChI is InChI=1S/C21H29N2O5P/c1-7-9-18(8-2)29(25,28-23-21-16(5)14(3)10-11-22-21)27-17-12-15(4)20(24)19(13-17)26-6/h9-13,24H,7-8H2,1-6H3,(H,22,23)/b18-9-. The number of benzene rings is 1. The number of pyridine rings is 1. The van der Waals surface area contributed by atoms with Gasteiger partial charge in [0.15, 0.2) is 17.3 Å². The van der Waals surface area contributed by atoms with Crippen LogP contribution in [0.3, 0.4) is 0 Å². The summed E-state index contributed by atoms with van der Waals surface area (Å²) in [4.78, 5) is 4.25. The van der Waals surface area contributed by atoms with Crippen molar-refractivity contribution >= 4 is 13.4 Å². The zero-order valence-corrected chi connectivity index (χ0v) is 18.7. The highest BCUT2D eigenvalue weighted by molar-refractivity contribution is 7.58. The number of phenols is 1. The van der Waals surface area contributed by atoms with Crippen LogP contribution in [0.4, 0.5) is 5.82 Å². The second-order valence-corrected chi connectivity index (χ2v) is 8.57. The predicted molar refractivity (Wildman–Crippen MR) is 115 cm³/mol. The van der Waals surface area contributed by atoms with Gasteiger partial charge in [0.2, 0.25) is 0 Å². The lowest BCUT2D eigenvalue weighted by Gasteiger charge is -2.22. The number of rotatable bonds is 9. The molecule has 2 N–H and O–H groups in total. The number of aryl methyl sites for hydroxylation is 2. The van der Waals surface area contributed by atoms with Crippen molar-refractivity contribution in [2.75, 3.05) is 12.6 Å². The summed E-state index contributed by atoms with van der Waals surface area (Å²) in [7, 11) is -2.32. The van der Waals surface area contributed by atoms with Crippen LogP contribution in [0.1, 0.15) is 43.4 Å². The molecule has 1 unspecified atom stereocenters. The van der Waals surface area contributed by atoms with Crippen LogP contribution in [0, 0.1) is 20.8 Å². The molecule has 2 aromatic rings. The minimum absolute atomic E-state index is 0.00752. The summed E-state index contributed by atoms with van der Waals surface area (Å²) >= 11 is 0. The van der Waals surface area contributed by atoms with Gasteiger partial charge in [0, 0.05) is 12.3 Å². The number of aromatic nitrogens is 1. The van der Waals surface area contributed by atoms with Crippen LogP contribution < -0.4 is 14.7 Å². The van der Waals surface area contributed by atoms with E-state index in [9.17, 15) is 9.67 Å². The summed E-state index contributed by atoms with van der Waals surface area (Å²) in [6, 6.07) is 4.95. The van der Waals surface area contributed by atoms with Crippen LogP contribution in [0.2, 0.25) is 0 Å². The van der Waals surface area contributed by atoms with E-state index in [0.717, 1.165) is 11.1 Å². The molecule has 1 aromatic carbocycles. The van der Waals surface area contributed by atoms with E-state index in [1.807, 2.05) is 39.8 Å². The minimum atomic E-state index is -3.76. The second-order valence-electron chi connectivity index (χ2n) is 6.63. The molecule has 0 radical (unpaired) electrons. The van der Waals surface area contributed by atoms with E-state index >= 15 is 0 Å². The van der Waals surface area contributed by atoms with Gasteiger partial charge in [-0.1, -0.05) is 19.9 Å². The van der Waals surface area contributed by atoms with E-state index in [2.05, 4.69) is 10.5 Å². The van der Waals surface area contributed by atoms with Gasteiger partial charge in [-0.3, -0.25) is 0 Å². The van der Waals surface area contributed by atoms with Crippen molar-refractivity contribution in [3.63, 3.8) is 0 Å². The Morgan fingerprint density at radius 3 is 2.59 bits per heavy atom. The number of allylic oxidation sites excluding steroid dienone is 2. The second kappa shape index (κ2) is 9.81. The average Bonchev–Trinajstić information content (AvgIpc) is 2.69. The van der Waals surface area contributed by atoms with Crippen LogP contribution in [0.5, 0.6) is 17.2 Å². The van der Waals surface area contributed by atoms with Crippen LogP contribution in [-0.4, -0.2) is 17.2 Å². The number of ether oxygens (including phenoxy) is 1. The summed E-state index contributed by atoms with van der Waals surface area (Å²) in [5.41, 5.74) is 5.17. The van der Waals surface area contributed by atoms with E-state index < -0.39 is 7.60 Å². The molecule has 2 rings (SSSR count). The first-order valence-electron chi connectivity index (χ1n) is 9.49. The average molecular weight is 420 g/mol. The Morgan fingerprint density at radius 2 is 1.97 bits per heavy atom. The zero-order chi connectivity index (χ0) is 21.6. The fourth-order valence-corrected chi connectivity index (χ4v) is 4.38. The molecule has 0 bridgehead atoms. The molecule has 1 heterocycles. The molecule has 0 spiro atoms. The first kappa shape index (κ1) is 22.8. The number of anilines is 1. The van der Waals surface area contributed by atoms with Crippen LogP contribution in [-0.2, 0) is 9.19 Å². The van der Waals surface area contributed by atoms with E-state index in [1.165, 1.54) is 13.2 Å². The van der Waals surface area contributed by atoms with Gasteiger partial charge in [-0.2, -0.15) is 4.62 Å². The first-order chi connectivity index (χ1) is 13.8. The topological polar surface area (TPSA) is 89.9 Å². The highest BCUT2D eigenvalue weighted by Gasteiger charge is 2.32. The molecule has 0 saturated carbocycles. The number of nitrogens with one attached hydrogen (secondary N) is 1. The van der Waals surface area contributed by atoms with Gasteiger partial charge in [0.1, 0.15) is 5.75 Å². The lowest BCUT2D eigenvalue weighted by molar-refractivity contribution is 0.320. The molecule has 0 aliphatic heterocycles. The molecule has 0 aliphatic carbocycles. The Bertz CT molecular complexity index is 943. The van der Waals surface area contributed by atoms with Crippen molar-refractivity contribution in [2.24, 2.45) is 0 Å². The summed E-state index contributed by atoms with van der Waals surface area (Å²) < 4.78 is 30.5. The van der Waals surface area contributed by atoms with E-state index in [1.54, 1.807) is 19.2 Å². The van der Waals surface area contributed by atoms with E-state index in [-0.39, 0.29) is 17.2 Å². The molecule has 0 aliphatic rings. The van der Waals surface area contributed by atoms with E-state index in [4.69, 9.17) is 13.9 Å². The molecule has 8 heteroatoms. The lowest BCUT2D eigenvalue weighted by Crippen LogP contribution is -2.09. The van der Waals surface area contributed by atoms with Gasteiger partial charge in [-0.05, 0) is 62.4 Å². The third-order valence-corrected chi connectivity index (χ3v) is 6.56. The number of aromatic hydroxyl groups is 1. The SMILES string of the molecule is CC/C=C(/CC)P(=O)(ONc1nccc(C)c1C)Oc1cc(C)c(O)c(OC)c1. The lowest BCUT2D eigenvalue weighted by atomic mass is 10.2. The molecular formula is C21H29N2O5P. The van der Waals surface area contributed by atoms with Crippen molar-refractivity contribution < 1.29 is 23.6 Å². The van der Waals surface area contributed by atoms with Gasteiger partial charge in [-0.25, -0.2) is 15.0 Å². The quantitative estimate of drug-likeness (QED) is 0.377. The van der Waals surface area contributed by atoms with E-state index in [0.29, 0.717) is 29.5 Å². The number of hydrogen-bond acceptors (Lipinski definition) is 7. The Kier molecular flexibility index (Phi) is 7.71. The molecule has 0 fully saturated rings. The Hall–Kier alpha value is -2.50. The zero-order valence-electron chi connectivity index (χ0n) is 17.8. The molecule has 7 nitrogen and oxygen atoms in total. The highest BCUT2D eigenvalue weighted by Crippen LogP contribution is 2.57. The van der Waals surface area contributed by atoms with Gasteiger partial charge < -0.3 is 14.4 Å². The Balaban J connectivity index is 2.41. The monoisotopic (exact) mass is 420 g/mol. The van der Waals surface area contributed by atoms with Crippen molar-refractivity contribution in [3.05, 3.63) is 52.5 Å². The van der Waals surface area contributed by atoms with Crippen LogP contribution in [0.25, 0.3) is 0 Å². The van der Waals surface area contributed by atoms with Gasteiger partial charge in [-0.15, -0.1) is 0 Å². The normalized spacial score (nSPS) is 13.7. The van der Waals surface area contributed by atoms with Gasteiger partial charge >= 0.3 is 7.60 Å². The molecule has 158 valence electrons. The summed E-state index contributed by atoms with van der Waals surface area (Å²) in [6.07, 6.45) is 4.65. The fourth-order valence-electron chi connectivity index (χ4n) is 2.72. The van der Waals surface area contributed by atoms with Crippen molar-refractivity contribution in [3.8, 4) is 17.2 Å². The van der Waals surface area contributed by atoms with Gasteiger partial charge in [0.25, 0.3) is 0 Å². The number of hydrogen-bond donors (Lipinski definition) is 2. The Labute approximate surface area is 172 Å². The summed E-state index contributed by atoms with van der Waals surface area (Å²) in [5, 5.41) is 10.6. The first-order valence-corrected chi connectivity index (χ1v) is 11.0. The van der Waals surface area contributed by atoms with Crippen molar-refractivity contribution in [1.29, 1.82) is 0 Å². The fraction of sp³-hybridized carbons (Fsp3) is 0.381. The van der Waals surface area contributed by atoms with Crippen molar-refractivity contribution in [1.82, 2.24) is 4.98 Å². The third kappa shape index (κ3) is 5.31. The Morgan fingerprint density at radius 1 is 1.24 bits per heavy atom. The minimum Gasteiger partial charge on any atom is -0.504 e. The van der Waals surface area contributed by atoms with Crippen LogP contribution in [0.15, 0.2) is 35.8 Å². The maximum absolute atomic E-state index is 13.8. The molecule has 29 heavy (non-hydrogen) atoms. The van der Waals surface area contributed by atoms with Crippen LogP contribution >= 0.6 is 7.60 Å². The maximum atomic E-state index is 13.8. The number of methoxy groups -OCH3 is 1. The predicted octanol–water partition coefficient (Wildman–Crippen LogP) is 6.04. The number of phenolic OH excluding ortho intramolecular Hbond substituents is 1. The molecule has 0 amide bonds. The number of nitrogens with zero attached hydrogens (tertiary/aromatic N) is 1. The molecule has 1 atom stereocenters. The maximum Gasteiger partial charge on any atom is 0.427 e. The largest absolute Gasteiger partial charge is 0.504 e. The molecule has 0 saturated heterocycles. The highest BCUT2D eigenvalue weighted by atomic mass is 31.2. The van der Waals surface area contributed by atoms with Crippen molar-refractivity contribution in [2.45, 2.75) is 47.5 Å². The molecular weight excluding hydrogens is 391 g/mol. The summed E-state index contributed by atoms with van der Waals surface area (Å²) in [6.45, 7) is 9.40. The molecule has 1 aromatic heterocycles.